The molecule has 1 aromatic heterocycles. The number of hydrogen-bond donors (Lipinski definition) is 1. The summed E-state index contributed by atoms with van der Waals surface area (Å²) in [5.41, 5.74) is 0. The first kappa shape index (κ1) is 16.5. The normalized spacial score (nSPS) is 24.3. The van der Waals surface area contributed by atoms with Crippen LogP contribution in [0.4, 0.5) is 0 Å². The monoisotopic (exact) mass is 314 g/mol. The average Bonchev–Trinajstić information content (AvgIpc) is 2.88. The van der Waals surface area contributed by atoms with Crippen LogP contribution in [0.15, 0.2) is 17.3 Å². The lowest BCUT2D eigenvalue weighted by Gasteiger charge is -2.35. The molecule has 7 heteroatoms. The molecule has 0 saturated carbocycles. The first-order valence-corrected chi connectivity index (χ1v) is 9.14. The first-order valence-electron chi connectivity index (χ1n) is 7.70. The maximum Gasteiger partial charge on any atom is 0.246 e. The molecule has 2 unspecified atom stereocenters. The number of hydrogen-bond acceptors (Lipinski definition) is 4. The SMILES string of the molecule is CCNCCn1cc(S(=O)(=O)N2CCC(C)CC2C)cn1. The van der Waals surface area contributed by atoms with Gasteiger partial charge in [-0.05, 0) is 32.2 Å². The van der Waals surface area contributed by atoms with E-state index in [1.54, 1.807) is 15.2 Å². The number of nitrogens with one attached hydrogen (secondary N) is 1. The molecular formula is C14H26N4O2S. The van der Waals surface area contributed by atoms with Crippen LogP contribution in [0.3, 0.4) is 0 Å². The minimum Gasteiger partial charge on any atom is -0.315 e. The molecule has 0 amide bonds. The Morgan fingerprint density at radius 3 is 2.86 bits per heavy atom. The predicted octanol–water partition coefficient (Wildman–Crippen LogP) is 1.30. The summed E-state index contributed by atoms with van der Waals surface area (Å²) in [6, 6.07) is 0.0591. The zero-order valence-electron chi connectivity index (χ0n) is 13.1. The van der Waals surface area contributed by atoms with Gasteiger partial charge in [-0.3, -0.25) is 4.68 Å². The van der Waals surface area contributed by atoms with Crippen LogP contribution < -0.4 is 5.32 Å². The fourth-order valence-electron chi connectivity index (χ4n) is 2.85. The third-order valence-electron chi connectivity index (χ3n) is 4.06. The van der Waals surface area contributed by atoms with Gasteiger partial charge in [0.05, 0.1) is 12.7 Å². The van der Waals surface area contributed by atoms with Crippen LogP contribution in [0, 0.1) is 5.92 Å². The number of nitrogens with zero attached hydrogens (tertiary/aromatic N) is 3. The minimum absolute atomic E-state index is 0.0591. The molecule has 0 aliphatic carbocycles. The maximum atomic E-state index is 12.7. The standard InChI is InChI=1S/C14H26N4O2S/c1-4-15-6-8-17-11-14(10-16-17)21(19,20)18-7-5-12(2)9-13(18)3/h10-13,15H,4-9H2,1-3H3. The van der Waals surface area contributed by atoms with Gasteiger partial charge in [0.1, 0.15) is 4.90 Å². The summed E-state index contributed by atoms with van der Waals surface area (Å²) in [5.74, 6) is 0.592. The number of aromatic nitrogens is 2. The van der Waals surface area contributed by atoms with Crippen molar-refractivity contribution in [1.82, 2.24) is 19.4 Å². The van der Waals surface area contributed by atoms with E-state index in [9.17, 15) is 8.42 Å². The van der Waals surface area contributed by atoms with E-state index in [2.05, 4.69) is 17.3 Å². The lowest BCUT2D eigenvalue weighted by molar-refractivity contribution is 0.220. The van der Waals surface area contributed by atoms with Crippen molar-refractivity contribution in [2.24, 2.45) is 5.92 Å². The van der Waals surface area contributed by atoms with Gasteiger partial charge in [-0.2, -0.15) is 9.40 Å². The zero-order valence-corrected chi connectivity index (χ0v) is 13.9. The molecule has 1 aromatic rings. The highest BCUT2D eigenvalue weighted by Gasteiger charge is 2.33. The van der Waals surface area contributed by atoms with E-state index in [1.807, 2.05) is 13.8 Å². The quantitative estimate of drug-likeness (QED) is 0.804. The minimum atomic E-state index is -3.41. The number of likely N-dealkylation sites (N-methyl/N-ethyl adjacent to an activating group) is 1. The maximum absolute atomic E-state index is 12.7. The summed E-state index contributed by atoms with van der Waals surface area (Å²) in [5, 5.41) is 7.36. The second-order valence-electron chi connectivity index (χ2n) is 5.89. The van der Waals surface area contributed by atoms with Crippen LogP contribution in [0.1, 0.15) is 33.6 Å². The highest BCUT2D eigenvalue weighted by Crippen LogP contribution is 2.27. The lowest BCUT2D eigenvalue weighted by atomic mass is 9.95. The van der Waals surface area contributed by atoms with Gasteiger partial charge in [0, 0.05) is 25.3 Å². The van der Waals surface area contributed by atoms with Crippen LogP contribution in [0.5, 0.6) is 0 Å². The second-order valence-corrected chi connectivity index (χ2v) is 7.78. The van der Waals surface area contributed by atoms with Gasteiger partial charge < -0.3 is 5.32 Å². The van der Waals surface area contributed by atoms with Crippen LogP contribution in [0.2, 0.25) is 0 Å². The molecule has 120 valence electrons. The van der Waals surface area contributed by atoms with E-state index < -0.39 is 10.0 Å². The van der Waals surface area contributed by atoms with Crippen molar-refractivity contribution in [3.8, 4) is 0 Å². The fourth-order valence-corrected chi connectivity index (χ4v) is 4.46. The molecule has 0 aromatic carbocycles. The molecule has 0 spiro atoms. The zero-order chi connectivity index (χ0) is 15.5. The topological polar surface area (TPSA) is 67.2 Å². The van der Waals surface area contributed by atoms with E-state index in [0.717, 1.165) is 25.9 Å². The highest BCUT2D eigenvalue weighted by molar-refractivity contribution is 7.89. The molecule has 21 heavy (non-hydrogen) atoms. The molecule has 2 atom stereocenters. The van der Waals surface area contributed by atoms with Gasteiger partial charge in [-0.25, -0.2) is 8.42 Å². The molecule has 1 fully saturated rings. The summed E-state index contributed by atoms with van der Waals surface area (Å²) in [6.07, 6.45) is 4.95. The van der Waals surface area contributed by atoms with Gasteiger partial charge in [-0.1, -0.05) is 13.8 Å². The Kier molecular flexibility index (Phi) is 5.40. The summed E-state index contributed by atoms with van der Waals surface area (Å²) >= 11 is 0. The Hall–Kier alpha value is -0.920. The molecule has 2 rings (SSSR count). The van der Waals surface area contributed by atoms with Crippen molar-refractivity contribution < 1.29 is 8.42 Å². The smallest absolute Gasteiger partial charge is 0.246 e. The van der Waals surface area contributed by atoms with Crippen LogP contribution >= 0.6 is 0 Å². The van der Waals surface area contributed by atoms with Gasteiger partial charge in [0.15, 0.2) is 0 Å². The fraction of sp³-hybridized carbons (Fsp3) is 0.786. The molecule has 1 aliphatic rings. The van der Waals surface area contributed by atoms with Gasteiger partial charge in [0.2, 0.25) is 10.0 Å². The van der Waals surface area contributed by atoms with E-state index in [1.165, 1.54) is 6.20 Å². The summed E-state index contributed by atoms with van der Waals surface area (Å²) in [6.45, 7) is 9.17. The van der Waals surface area contributed by atoms with Crippen molar-refractivity contribution in [3.05, 3.63) is 12.4 Å². The Labute approximate surface area is 127 Å². The highest BCUT2D eigenvalue weighted by atomic mass is 32.2. The molecule has 0 bridgehead atoms. The van der Waals surface area contributed by atoms with Crippen molar-refractivity contribution in [2.75, 3.05) is 19.6 Å². The Bertz CT molecular complexity index is 555. The Balaban J connectivity index is 2.09. The van der Waals surface area contributed by atoms with E-state index in [0.29, 0.717) is 23.9 Å². The largest absolute Gasteiger partial charge is 0.315 e. The summed E-state index contributed by atoms with van der Waals surface area (Å²) in [4.78, 5) is 0.306. The molecule has 1 saturated heterocycles. The van der Waals surface area contributed by atoms with Crippen molar-refractivity contribution >= 4 is 10.0 Å². The average molecular weight is 314 g/mol. The Morgan fingerprint density at radius 2 is 2.19 bits per heavy atom. The third kappa shape index (κ3) is 3.84. The van der Waals surface area contributed by atoms with Crippen molar-refractivity contribution in [1.29, 1.82) is 0 Å². The van der Waals surface area contributed by atoms with Gasteiger partial charge in [0.25, 0.3) is 0 Å². The molecule has 6 nitrogen and oxygen atoms in total. The van der Waals surface area contributed by atoms with Crippen LogP contribution in [-0.4, -0.2) is 48.2 Å². The van der Waals surface area contributed by atoms with Gasteiger partial charge >= 0.3 is 0 Å². The number of piperidine rings is 1. The van der Waals surface area contributed by atoms with Gasteiger partial charge in [-0.15, -0.1) is 0 Å². The predicted molar refractivity (Wildman–Crippen MR) is 82.5 cm³/mol. The molecule has 1 N–H and O–H groups in total. The lowest BCUT2D eigenvalue weighted by Crippen LogP contribution is -2.43. The first-order chi connectivity index (χ1) is 9.95. The number of sulfonamides is 1. The molecule has 1 aliphatic heterocycles. The van der Waals surface area contributed by atoms with E-state index in [4.69, 9.17) is 0 Å². The molecular weight excluding hydrogens is 288 g/mol. The summed E-state index contributed by atoms with van der Waals surface area (Å²) in [7, 11) is -3.41. The van der Waals surface area contributed by atoms with E-state index in [-0.39, 0.29) is 6.04 Å². The number of rotatable bonds is 6. The molecule has 0 radical (unpaired) electrons. The second kappa shape index (κ2) is 6.89. The Morgan fingerprint density at radius 1 is 1.43 bits per heavy atom. The van der Waals surface area contributed by atoms with E-state index >= 15 is 0 Å². The van der Waals surface area contributed by atoms with Crippen molar-refractivity contribution in [2.45, 2.75) is 51.1 Å². The molecule has 2 heterocycles. The third-order valence-corrected chi connectivity index (χ3v) is 6.03. The summed E-state index contributed by atoms with van der Waals surface area (Å²) < 4.78 is 28.7. The van der Waals surface area contributed by atoms with Crippen LogP contribution in [-0.2, 0) is 16.6 Å². The van der Waals surface area contributed by atoms with Crippen LogP contribution in [0.25, 0.3) is 0 Å². The van der Waals surface area contributed by atoms with Crippen molar-refractivity contribution in [3.63, 3.8) is 0 Å².